The topological polar surface area (TPSA) is 57.5 Å². The summed E-state index contributed by atoms with van der Waals surface area (Å²) in [6.45, 7) is 14.8. The normalized spacial score (nSPS) is 43.9. The molecule has 32 heavy (non-hydrogen) atoms. The fourth-order valence-electron chi connectivity index (χ4n) is 9.57. The minimum absolute atomic E-state index is 0.00978. The molecule has 4 aliphatic carbocycles. The fourth-order valence-corrected chi connectivity index (χ4v) is 9.57. The number of rotatable bonds is 6. The molecule has 2 fully saturated rings. The second kappa shape index (κ2) is 8.14. The number of carboxylic acids is 1. The van der Waals surface area contributed by atoms with Crippen molar-refractivity contribution < 1.29 is 15.0 Å². The Balaban J connectivity index is 1.58. The highest BCUT2D eigenvalue weighted by molar-refractivity contribution is 5.66. The summed E-state index contributed by atoms with van der Waals surface area (Å²) < 4.78 is 0. The molecule has 4 aliphatic rings. The smallest absolute Gasteiger partial charge is 0.303 e. The minimum atomic E-state index is -0.660. The summed E-state index contributed by atoms with van der Waals surface area (Å²) in [5.74, 6) is 1.36. The minimum Gasteiger partial charge on any atom is -0.481 e. The SMILES string of the molecule is C[C@H](CCCCC(=O)O)[C@H]1CC[C@@]2(C)C3=C(CC[C@]12C)[C@@]1(C)CCC(O)C(C)(C)C1CC3. The lowest BCUT2D eigenvalue weighted by molar-refractivity contribution is -0.137. The molecule has 0 saturated heterocycles. The van der Waals surface area contributed by atoms with E-state index < -0.39 is 5.97 Å². The molecule has 0 aromatic heterocycles. The van der Waals surface area contributed by atoms with Gasteiger partial charge in [0.2, 0.25) is 0 Å². The Bertz CT molecular complexity index is 781. The molecule has 3 nitrogen and oxygen atoms in total. The van der Waals surface area contributed by atoms with Crippen molar-refractivity contribution in [1.29, 1.82) is 0 Å². The van der Waals surface area contributed by atoms with Crippen LogP contribution in [-0.2, 0) is 4.79 Å². The Morgan fingerprint density at radius 3 is 2.38 bits per heavy atom. The third kappa shape index (κ3) is 3.43. The zero-order chi connectivity index (χ0) is 23.5. The van der Waals surface area contributed by atoms with E-state index >= 15 is 0 Å². The first-order valence-electron chi connectivity index (χ1n) is 13.5. The van der Waals surface area contributed by atoms with Crippen LogP contribution in [0.15, 0.2) is 11.1 Å². The van der Waals surface area contributed by atoms with E-state index in [1.807, 2.05) is 5.57 Å². The van der Waals surface area contributed by atoms with E-state index in [2.05, 4.69) is 41.5 Å². The van der Waals surface area contributed by atoms with Crippen molar-refractivity contribution in [2.24, 2.45) is 39.4 Å². The maximum Gasteiger partial charge on any atom is 0.303 e. The van der Waals surface area contributed by atoms with Gasteiger partial charge in [-0.1, -0.05) is 65.5 Å². The van der Waals surface area contributed by atoms with E-state index in [1.54, 1.807) is 5.57 Å². The number of allylic oxidation sites excluding steroid dienone is 2. The molecule has 0 aliphatic heterocycles. The second-order valence-electron chi connectivity index (χ2n) is 13.4. The lowest BCUT2D eigenvalue weighted by Crippen LogP contribution is -2.55. The summed E-state index contributed by atoms with van der Waals surface area (Å²) in [7, 11) is 0. The zero-order valence-corrected chi connectivity index (χ0v) is 21.6. The molecule has 3 heteroatoms. The average molecular weight is 445 g/mol. The quantitative estimate of drug-likeness (QED) is 0.332. The first kappa shape index (κ1) is 24.3. The zero-order valence-electron chi connectivity index (χ0n) is 21.6. The van der Waals surface area contributed by atoms with Gasteiger partial charge in [-0.15, -0.1) is 0 Å². The molecule has 0 amide bonds. The molecular weight excluding hydrogens is 396 g/mol. The molecule has 182 valence electrons. The van der Waals surface area contributed by atoms with Crippen LogP contribution in [-0.4, -0.2) is 22.3 Å². The van der Waals surface area contributed by atoms with Gasteiger partial charge in [-0.3, -0.25) is 4.79 Å². The highest BCUT2D eigenvalue weighted by Crippen LogP contribution is 2.72. The Morgan fingerprint density at radius 2 is 1.69 bits per heavy atom. The number of unbranched alkanes of at least 4 members (excludes halogenated alkanes) is 1. The Morgan fingerprint density at radius 1 is 0.969 bits per heavy atom. The number of hydrogen-bond acceptors (Lipinski definition) is 2. The van der Waals surface area contributed by atoms with Gasteiger partial charge < -0.3 is 10.2 Å². The van der Waals surface area contributed by atoms with Crippen LogP contribution < -0.4 is 0 Å². The maximum absolute atomic E-state index is 10.9. The molecular formula is C29H48O3. The molecule has 2 N–H and O–H groups in total. The van der Waals surface area contributed by atoms with Crippen LogP contribution in [0, 0.1) is 39.4 Å². The first-order valence-corrected chi connectivity index (χ1v) is 13.5. The van der Waals surface area contributed by atoms with Crippen molar-refractivity contribution in [1.82, 2.24) is 0 Å². The van der Waals surface area contributed by atoms with Gasteiger partial charge in [0.05, 0.1) is 6.10 Å². The Hall–Kier alpha value is -0.830. The number of aliphatic hydroxyl groups excluding tert-OH is 1. The summed E-state index contributed by atoms with van der Waals surface area (Å²) in [6, 6.07) is 0. The second-order valence-corrected chi connectivity index (χ2v) is 13.4. The number of fused-ring (bicyclic) bond motifs is 4. The Kier molecular flexibility index (Phi) is 6.18. The summed E-state index contributed by atoms with van der Waals surface area (Å²) in [6.07, 6.45) is 12.9. The number of aliphatic carboxylic acids is 1. The molecule has 0 aromatic carbocycles. The molecule has 0 aromatic rings. The maximum atomic E-state index is 10.9. The Labute approximate surface area is 196 Å². The van der Waals surface area contributed by atoms with Gasteiger partial charge in [-0.05, 0) is 97.2 Å². The van der Waals surface area contributed by atoms with Crippen LogP contribution in [0.3, 0.4) is 0 Å². The highest BCUT2D eigenvalue weighted by Gasteiger charge is 2.63. The summed E-state index contributed by atoms with van der Waals surface area (Å²) in [5, 5.41) is 19.8. The molecule has 0 heterocycles. The van der Waals surface area contributed by atoms with E-state index in [-0.39, 0.29) is 16.9 Å². The van der Waals surface area contributed by atoms with Crippen LogP contribution in [0.5, 0.6) is 0 Å². The van der Waals surface area contributed by atoms with Crippen molar-refractivity contribution in [3.63, 3.8) is 0 Å². The molecule has 2 saturated carbocycles. The van der Waals surface area contributed by atoms with Crippen molar-refractivity contribution in [2.45, 2.75) is 125 Å². The van der Waals surface area contributed by atoms with Gasteiger partial charge >= 0.3 is 5.97 Å². The average Bonchev–Trinajstić information content (AvgIpc) is 3.00. The molecule has 4 rings (SSSR count). The lowest BCUT2D eigenvalue weighted by atomic mass is 9.43. The van der Waals surface area contributed by atoms with Gasteiger partial charge in [0.1, 0.15) is 0 Å². The summed E-state index contributed by atoms with van der Waals surface area (Å²) in [5.41, 5.74) is 4.57. The monoisotopic (exact) mass is 444 g/mol. The first-order chi connectivity index (χ1) is 14.9. The van der Waals surface area contributed by atoms with Crippen LogP contribution in [0.1, 0.15) is 119 Å². The van der Waals surface area contributed by atoms with Crippen molar-refractivity contribution in [3.8, 4) is 0 Å². The van der Waals surface area contributed by atoms with Gasteiger partial charge in [0, 0.05) is 6.42 Å². The number of carbonyl (C=O) groups is 1. The molecule has 2 unspecified atom stereocenters. The van der Waals surface area contributed by atoms with Crippen molar-refractivity contribution in [3.05, 3.63) is 11.1 Å². The van der Waals surface area contributed by atoms with E-state index in [0.717, 1.165) is 31.6 Å². The molecule has 0 spiro atoms. The third-order valence-corrected chi connectivity index (χ3v) is 11.8. The van der Waals surface area contributed by atoms with Crippen LogP contribution in [0.2, 0.25) is 0 Å². The van der Waals surface area contributed by atoms with Gasteiger partial charge in [0.25, 0.3) is 0 Å². The van der Waals surface area contributed by atoms with E-state index in [1.165, 1.54) is 44.9 Å². The van der Waals surface area contributed by atoms with Gasteiger partial charge in [0.15, 0.2) is 0 Å². The molecule has 7 atom stereocenters. The predicted molar refractivity (Wildman–Crippen MR) is 130 cm³/mol. The fraction of sp³-hybridized carbons (Fsp3) is 0.897. The van der Waals surface area contributed by atoms with E-state index in [0.29, 0.717) is 29.1 Å². The number of aliphatic hydroxyl groups is 1. The van der Waals surface area contributed by atoms with Gasteiger partial charge in [-0.2, -0.15) is 0 Å². The van der Waals surface area contributed by atoms with Crippen molar-refractivity contribution in [2.75, 3.05) is 0 Å². The lowest BCUT2D eigenvalue weighted by Gasteiger charge is -2.62. The standard InChI is InChI=1S/C29H48O3/c1-19(9-7-8-10-25(31)32)20-13-17-29(6)22-11-12-23-26(2,3)24(30)15-16-27(23,4)21(22)14-18-28(20,29)5/h19-20,23-24,30H,7-18H2,1-6H3,(H,31,32)/t19-,20-,23?,24?,27-,28-,29+/m1/s1. The van der Waals surface area contributed by atoms with E-state index in [4.69, 9.17) is 5.11 Å². The third-order valence-electron chi connectivity index (χ3n) is 11.8. The summed E-state index contributed by atoms with van der Waals surface area (Å²) in [4.78, 5) is 10.9. The molecule has 0 radical (unpaired) electrons. The predicted octanol–water partition coefficient (Wildman–Crippen LogP) is 7.38. The van der Waals surface area contributed by atoms with Gasteiger partial charge in [-0.25, -0.2) is 0 Å². The van der Waals surface area contributed by atoms with Crippen LogP contribution in [0.4, 0.5) is 0 Å². The van der Waals surface area contributed by atoms with Crippen LogP contribution in [0.25, 0.3) is 0 Å². The van der Waals surface area contributed by atoms with E-state index in [9.17, 15) is 9.90 Å². The van der Waals surface area contributed by atoms with Crippen LogP contribution >= 0.6 is 0 Å². The largest absolute Gasteiger partial charge is 0.481 e. The van der Waals surface area contributed by atoms with Crippen molar-refractivity contribution >= 4 is 5.97 Å². The highest BCUT2D eigenvalue weighted by atomic mass is 16.4. The molecule has 0 bridgehead atoms. The number of carboxylic acid groups (broad SMARTS) is 1. The number of hydrogen-bond donors (Lipinski definition) is 2. The summed E-state index contributed by atoms with van der Waals surface area (Å²) >= 11 is 0.